The first-order chi connectivity index (χ1) is 9.63. The molecule has 0 spiro atoms. The fourth-order valence-electron chi connectivity index (χ4n) is 2.17. The zero-order valence-electron chi connectivity index (χ0n) is 12.2. The largest absolute Gasteiger partial charge is 0.309 e. The van der Waals surface area contributed by atoms with Crippen LogP contribution in [-0.2, 0) is 10.0 Å². The number of benzene rings is 1. The van der Waals surface area contributed by atoms with Crippen molar-refractivity contribution in [1.29, 1.82) is 0 Å². The summed E-state index contributed by atoms with van der Waals surface area (Å²) in [4.78, 5) is 5.43. The Morgan fingerprint density at radius 3 is 2.52 bits per heavy atom. The first kappa shape index (κ1) is 15.5. The Kier molecular flexibility index (Phi) is 3.79. The lowest BCUT2D eigenvalue weighted by Gasteiger charge is -2.35. The van der Waals surface area contributed by atoms with Crippen LogP contribution in [0.2, 0.25) is 0 Å². The van der Waals surface area contributed by atoms with E-state index in [1.807, 2.05) is 20.8 Å². The molecule has 5 nitrogen and oxygen atoms in total. The van der Waals surface area contributed by atoms with Crippen molar-refractivity contribution in [3.8, 4) is 0 Å². The minimum absolute atomic E-state index is 0.163. The summed E-state index contributed by atoms with van der Waals surface area (Å²) in [5.41, 5.74) is 0.304. The van der Waals surface area contributed by atoms with Crippen LogP contribution in [0.5, 0.6) is 0 Å². The van der Waals surface area contributed by atoms with Gasteiger partial charge < -0.3 is 4.90 Å². The van der Waals surface area contributed by atoms with Gasteiger partial charge in [0, 0.05) is 11.2 Å². The van der Waals surface area contributed by atoms with Crippen LogP contribution < -0.4 is 4.72 Å². The van der Waals surface area contributed by atoms with Gasteiger partial charge in [-0.15, -0.1) is 0 Å². The van der Waals surface area contributed by atoms with Gasteiger partial charge in [0.05, 0.1) is 6.54 Å². The Morgan fingerprint density at radius 2 is 1.95 bits per heavy atom. The highest BCUT2D eigenvalue weighted by molar-refractivity contribution is 7.90. The van der Waals surface area contributed by atoms with E-state index in [-0.39, 0.29) is 11.5 Å². The third-order valence-corrected chi connectivity index (χ3v) is 4.32. The molecule has 1 aliphatic heterocycles. The molecule has 0 unspecified atom stereocenters. The molecule has 1 N–H and O–H groups in total. The molecule has 2 rings (SSSR count). The summed E-state index contributed by atoms with van der Waals surface area (Å²) in [5.74, 6) is -0.638. The molecule has 1 aromatic rings. The molecule has 0 radical (unpaired) electrons. The predicted octanol–water partition coefficient (Wildman–Crippen LogP) is 2.09. The Morgan fingerprint density at radius 1 is 1.33 bits per heavy atom. The maximum Gasteiger partial charge on any atom is 0.267 e. The molecule has 1 heterocycles. The fraction of sp³-hybridized carbons (Fsp3) is 0.357. The van der Waals surface area contributed by atoms with Gasteiger partial charge in [0.15, 0.2) is 0 Å². The summed E-state index contributed by atoms with van der Waals surface area (Å²) in [6.45, 7) is 9.93. The van der Waals surface area contributed by atoms with Gasteiger partial charge >= 0.3 is 0 Å². The number of rotatable bonds is 2. The highest BCUT2D eigenvalue weighted by Gasteiger charge is 2.34. The van der Waals surface area contributed by atoms with Gasteiger partial charge in [0.25, 0.3) is 10.0 Å². The molecule has 21 heavy (non-hydrogen) atoms. The van der Waals surface area contributed by atoms with Crippen molar-refractivity contribution in [3.05, 3.63) is 42.4 Å². The number of hydrogen-bond donors (Lipinski definition) is 1. The van der Waals surface area contributed by atoms with Crippen LogP contribution in [0.25, 0.3) is 0 Å². The number of sulfonamides is 1. The average Bonchev–Trinajstić information content (AvgIpc) is 2.69. The van der Waals surface area contributed by atoms with Gasteiger partial charge in [-0.2, -0.15) is 0 Å². The lowest BCUT2D eigenvalue weighted by atomic mass is 10.1. The van der Waals surface area contributed by atoms with Crippen molar-refractivity contribution in [1.82, 2.24) is 9.62 Å². The number of guanidine groups is 1. The first-order valence-corrected chi connectivity index (χ1v) is 7.91. The molecule has 0 fully saturated rings. The summed E-state index contributed by atoms with van der Waals surface area (Å²) >= 11 is 0. The topological polar surface area (TPSA) is 61.8 Å². The molecule has 7 heteroatoms. The van der Waals surface area contributed by atoms with E-state index in [9.17, 15) is 12.8 Å². The lowest BCUT2D eigenvalue weighted by molar-refractivity contribution is 0.295. The number of aliphatic imine (C=N–C) groups is 1. The number of hydrogen-bond acceptors (Lipinski definition) is 4. The van der Waals surface area contributed by atoms with Crippen molar-refractivity contribution in [3.63, 3.8) is 0 Å². The van der Waals surface area contributed by atoms with Crippen LogP contribution >= 0.6 is 0 Å². The van der Waals surface area contributed by atoms with Crippen LogP contribution in [0, 0.1) is 5.82 Å². The third-order valence-electron chi connectivity index (χ3n) is 2.96. The van der Waals surface area contributed by atoms with Crippen LogP contribution in [0.15, 0.2) is 46.4 Å². The molecular weight excluding hydrogens is 293 g/mol. The number of nitrogens with one attached hydrogen (secondary N) is 1. The second-order valence-corrected chi connectivity index (χ2v) is 7.40. The molecule has 114 valence electrons. The summed E-state index contributed by atoms with van der Waals surface area (Å²) in [6.07, 6.45) is 0. The van der Waals surface area contributed by atoms with Crippen LogP contribution in [0.3, 0.4) is 0 Å². The maximum absolute atomic E-state index is 13.7. The standard InChI is InChI=1S/C14H18FN3O2S/c1-10-9-16-13(18(10)14(2,3)4)17-21(19,20)12-8-6-5-7-11(12)15/h5-8H,1,9H2,2-4H3,(H,16,17). The zero-order chi connectivity index (χ0) is 15.8. The van der Waals surface area contributed by atoms with E-state index in [1.54, 1.807) is 4.90 Å². The van der Waals surface area contributed by atoms with Gasteiger partial charge in [0.1, 0.15) is 10.7 Å². The summed E-state index contributed by atoms with van der Waals surface area (Å²) in [7, 11) is -4.03. The first-order valence-electron chi connectivity index (χ1n) is 6.43. The lowest BCUT2D eigenvalue weighted by Crippen LogP contribution is -2.49. The van der Waals surface area contributed by atoms with Crippen molar-refractivity contribution in [2.45, 2.75) is 31.2 Å². The molecular formula is C14H18FN3O2S. The minimum atomic E-state index is -4.03. The summed E-state index contributed by atoms with van der Waals surface area (Å²) in [5, 5.41) is 0. The fourth-order valence-corrected chi connectivity index (χ4v) is 3.25. The molecule has 0 atom stereocenters. The second kappa shape index (κ2) is 5.14. The highest BCUT2D eigenvalue weighted by atomic mass is 32.2. The third kappa shape index (κ3) is 3.07. The molecule has 0 saturated carbocycles. The normalized spacial score (nSPS) is 16.1. The molecule has 0 saturated heterocycles. The molecule has 0 aliphatic carbocycles. The molecule has 1 aromatic carbocycles. The number of nitrogens with zero attached hydrogens (tertiary/aromatic N) is 2. The van der Waals surface area contributed by atoms with Crippen LogP contribution in [-0.4, -0.2) is 31.4 Å². The predicted molar refractivity (Wildman–Crippen MR) is 79.8 cm³/mol. The van der Waals surface area contributed by atoms with Crippen molar-refractivity contribution >= 4 is 16.0 Å². The zero-order valence-corrected chi connectivity index (χ0v) is 13.0. The Hall–Kier alpha value is -1.89. The van der Waals surface area contributed by atoms with Crippen LogP contribution in [0.4, 0.5) is 4.39 Å². The highest BCUT2D eigenvalue weighted by Crippen LogP contribution is 2.24. The monoisotopic (exact) mass is 311 g/mol. The molecule has 0 amide bonds. The van der Waals surface area contributed by atoms with E-state index in [1.165, 1.54) is 18.2 Å². The van der Waals surface area contributed by atoms with Gasteiger partial charge in [-0.25, -0.2) is 22.5 Å². The van der Waals surface area contributed by atoms with Crippen LogP contribution in [0.1, 0.15) is 20.8 Å². The average molecular weight is 311 g/mol. The SMILES string of the molecule is C=C1CN=C(NS(=O)(=O)c2ccccc2F)N1C(C)(C)C. The van der Waals surface area contributed by atoms with Crippen molar-refractivity contribution in [2.24, 2.45) is 4.99 Å². The Bertz CT molecular complexity index is 705. The van der Waals surface area contributed by atoms with Gasteiger partial charge in [-0.1, -0.05) is 18.7 Å². The minimum Gasteiger partial charge on any atom is -0.309 e. The smallest absolute Gasteiger partial charge is 0.267 e. The van der Waals surface area contributed by atoms with Crippen molar-refractivity contribution in [2.75, 3.05) is 6.54 Å². The summed E-state index contributed by atoms with van der Waals surface area (Å²) < 4.78 is 40.6. The van der Waals surface area contributed by atoms with Gasteiger partial charge in [0.2, 0.25) is 5.96 Å². The van der Waals surface area contributed by atoms with Crippen molar-refractivity contribution < 1.29 is 12.8 Å². The Balaban J connectivity index is 2.34. The van der Waals surface area contributed by atoms with E-state index in [0.717, 1.165) is 6.07 Å². The van der Waals surface area contributed by atoms with E-state index in [2.05, 4.69) is 16.3 Å². The van der Waals surface area contributed by atoms with Gasteiger partial charge in [-0.3, -0.25) is 0 Å². The van der Waals surface area contributed by atoms with Gasteiger partial charge in [-0.05, 0) is 32.9 Å². The number of halogens is 1. The summed E-state index contributed by atoms with van der Waals surface area (Å²) in [6, 6.07) is 5.22. The van der Waals surface area contributed by atoms with E-state index in [0.29, 0.717) is 12.2 Å². The molecule has 0 aromatic heterocycles. The van der Waals surface area contributed by atoms with E-state index >= 15 is 0 Å². The Labute approximate surface area is 124 Å². The van der Waals surface area contributed by atoms with E-state index in [4.69, 9.17) is 0 Å². The maximum atomic E-state index is 13.7. The molecule has 0 bridgehead atoms. The second-order valence-electron chi connectivity index (χ2n) is 5.75. The quantitative estimate of drug-likeness (QED) is 0.909. The molecule has 1 aliphatic rings. The van der Waals surface area contributed by atoms with E-state index < -0.39 is 20.7 Å².